The van der Waals surface area contributed by atoms with Gasteiger partial charge in [-0.25, -0.2) is 9.59 Å². The van der Waals surface area contributed by atoms with E-state index in [4.69, 9.17) is 14.6 Å². The lowest BCUT2D eigenvalue weighted by Crippen LogP contribution is -2.44. The van der Waals surface area contributed by atoms with Gasteiger partial charge in [-0.15, -0.1) is 0 Å². The van der Waals surface area contributed by atoms with Crippen LogP contribution in [0.25, 0.3) is 11.1 Å². The van der Waals surface area contributed by atoms with Gasteiger partial charge < -0.3 is 25.2 Å². The first kappa shape index (κ1) is 24.3. The van der Waals surface area contributed by atoms with Gasteiger partial charge in [0.1, 0.15) is 6.61 Å². The number of methoxy groups -OCH3 is 1. The molecule has 0 bridgehead atoms. The standard InChI is InChI=1S/C25H30N2O6/c1-15(2)21(12-23(28)26-13-22(32-3)24(29)30)27-25(31)33-14-20-18-10-6-4-8-16(18)17-9-5-7-11-19(17)20/h4-11,15,20-22H,12-14H2,1-3H3,(H,26,28)(H,27,31)(H,29,30)/t21-,22?/m0/s1. The van der Waals surface area contributed by atoms with Gasteiger partial charge in [0, 0.05) is 25.5 Å². The van der Waals surface area contributed by atoms with Crippen LogP contribution < -0.4 is 10.6 Å². The third kappa shape index (κ3) is 5.90. The van der Waals surface area contributed by atoms with E-state index in [0.29, 0.717) is 0 Å². The highest BCUT2D eigenvalue weighted by Crippen LogP contribution is 2.44. The second-order valence-corrected chi connectivity index (χ2v) is 8.39. The van der Waals surface area contributed by atoms with Crippen molar-refractivity contribution in [1.82, 2.24) is 10.6 Å². The molecule has 0 saturated carbocycles. The minimum Gasteiger partial charge on any atom is -0.479 e. The van der Waals surface area contributed by atoms with Crippen molar-refractivity contribution < 1.29 is 29.0 Å². The fraction of sp³-hybridized carbons (Fsp3) is 0.400. The predicted molar refractivity (Wildman–Crippen MR) is 123 cm³/mol. The van der Waals surface area contributed by atoms with E-state index < -0.39 is 24.2 Å². The van der Waals surface area contributed by atoms with Crippen molar-refractivity contribution in [1.29, 1.82) is 0 Å². The monoisotopic (exact) mass is 454 g/mol. The molecule has 3 rings (SSSR count). The number of hydrogen-bond donors (Lipinski definition) is 3. The Bertz CT molecular complexity index is 960. The van der Waals surface area contributed by atoms with Gasteiger partial charge in [0.05, 0.1) is 6.54 Å². The average Bonchev–Trinajstić information content (AvgIpc) is 3.11. The van der Waals surface area contributed by atoms with Crippen LogP contribution in [0.4, 0.5) is 4.79 Å². The highest BCUT2D eigenvalue weighted by atomic mass is 16.5. The van der Waals surface area contributed by atoms with Gasteiger partial charge in [-0.2, -0.15) is 0 Å². The van der Waals surface area contributed by atoms with Crippen molar-refractivity contribution in [3.05, 3.63) is 59.7 Å². The summed E-state index contributed by atoms with van der Waals surface area (Å²) in [6, 6.07) is 15.7. The highest BCUT2D eigenvalue weighted by molar-refractivity contribution is 5.80. The Kier molecular flexibility index (Phi) is 8.06. The largest absolute Gasteiger partial charge is 0.479 e. The van der Waals surface area contributed by atoms with E-state index in [0.717, 1.165) is 22.3 Å². The summed E-state index contributed by atoms with van der Waals surface area (Å²) in [4.78, 5) is 35.8. The molecule has 3 N–H and O–H groups in total. The molecule has 0 fully saturated rings. The number of carboxylic acid groups (broad SMARTS) is 1. The number of fused-ring (bicyclic) bond motifs is 3. The van der Waals surface area contributed by atoms with E-state index in [2.05, 4.69) is 22.8 Å². The summed E-state index contributed by atoms with van der Waals surface area (Å²) in [6.45, 7) is 3.80. The van der Waals surface area contributed by atoms with Crippen molar-refractivity contribution in [3.8, 4) is 11.1 Å². The molecule has 0 heterocycles. The number of rotatable bonds is 10. The van der Waals surface area contributed by atoms with Crippen LogP contribution in [0.1, 0.15) is 37.3 Å². The maximum atomic E-state index is 12.6. The molecule has 1 unspecified atom stereocenters. The first-order valence-electron chi connectivity index (χ1n) is 11.0. The Morgan fingerprint density at radius 3 is 2.09 bits per heavy atom. The number of alkyl carbamates (subject to hydrolysis) is 1. The number of ether oxygens (including phenoxy) is 2. The zero-order valence-corrected chi connectivity index (χ0v) is 19.0. The molecular formula is C25H30N2O6. The Balaban J connectivity index is 1.56. The lowest BCUT2D eigenvalue weighted by atomic mass is 9.98. The SMILES string of the molecule is COC(CNC(=O)C[C@H](NC(=O)OCC1c2ccccc2-c2ccccc21)C(C)C)C(=O)O. The second-order valence-electron chi connectivity index (χ2n) is 8.39. The number of carbonyl (C=O) groups is 3. The van der Waals surface area contributed by atoms with E-state index in [9.17, 15) is 14.4 Å². The second kappa shape index (κ2) is 11.0. The van der Waals surface area contributed by atoms with Crippen LogP contribution >= 0.6 is 0 Å². The molecule has 2 aromatic rings. The summed E-state index contributed by atoms with van der Waals surface area (Å²) >= 11 is 0. The third-order valence-electron chi connectivity index (χ3n) is 5.90. The van der Waals surface area contributed by atoms with Crippen LogP contribution in [0.15, 0.2) is 48.5 Å². The molecular weight excluding hydrogens is 424 g/mol. The number of carbonyl (C=O) groups excluding carboxylic acids is 2. The van der Waals surface area contributed by atoms with E-state index in [1.807, 2.05) is 50.2 Å². The number of hydrogen-bond acceptors (Lipinski definition) is 5. The quantitative estimate of drug-likeness (QED) is 0.508. The smallest absolute Gasteiger partial charge is 0.407 e. The van der Waals surface area contributed by atoms with Crippen LogP contribution in [-0.4, -0.2) is 55.5 Å². The fourth-order valence-electron chi connectivity index (χ4n) is 3.99. The molecule has 1 aliphatic rings. The maximum Gasteiger partial charge on any atom is 0.407 e. The summed E-state index contributed by atoms with van der Waals surface area (Å²) in [7, 11) is 1.26. The number of amides is 2. The topological polar surface area (TPSA) is 114 Å². The molecule has 0 saturated heterocycles. The van der Waals surface area contributed by atoms with Crippen LogP contribution in [0.3, 0.4) is 0 Å². The van der Waals surface area contributed by atoms with Crippen molar-refractivity contribution in [2.24, 2.45) is 5.92 Å². The van der Waals surface area contributed by atoms with E-state index in [1.165, 1.54) is 7.11 Å². The van der Waals surface area contributed by atoms with Crippen molar-refractivity contribution in [2.75, 3.05) is 20.3 Å². The van der Waals surface area contributed by atoms with Gasteiger partial charge in [0.2, 0.25) is 5.91 Å². The molecule has 0 radical (unpaired) electrons. The van der Waals surface area contributed by atoms with Gasteiger partial charge in [-0.1, -0.05) is 62.4 Å². The van der Waals surface area contributed by atoms with Crippen molar-refractivity contribution >= 4 is 18.0 Å². The summed E-state index contributed by atoms with van der Waals surface area (Å²) in [6.07, 6.45) is -1.72. The van der Waals surface area contributed by atoms with Gasteiger partial charge in [0.25, 0.3) is 0 Å². The normalized spacial score (nSPS) is 14.2. The molecule has 0 aliphatic heterocycles. The van der Waals surface area contributed by atoms with Gasteiger partial charge >= 0.3 is 12.1 Å². The average molecular weight is 455 g/mol. The lowest BCUT2D eigenvalue weighted by Gasteiger charge is -2.23. The molecule has 2 atom stereocenters. The van der Waals surface area contributed by atoms with E-state index in [-0.39, 0.29) is 37.3 Å². The highest BCUT2D eigenvalue weighted by Gasteiger charge is 2.29. The molecule has 33 heavy (non-hydrogen) atoms. The minimum absolute atomic E-state index is 0.00207. The summed E-state index contributed by atoms with van der Waals surface area (Å²) in [5.74, 6) is -1.62. The molecule has 1 aliphatic carbocycles. The minimum atomic E-state index is -1.16. The van der Waals surface area contributed by atoms with Crippen LogP contribution in [0.2, 0.25) is 0 Å². The zero-order chi connectivity index (χ0) is 24.0. The number of aliphatic carboxylic acids is 1. The summed E-state index contributed by atoms with van der Waals surface area (Å²) in [5, 5.41) is 14.3. The predicted octanol–water partition coefficient (Wildman–Crippen LogP) is 3.16. The van der Waals surface area contributed by atoms with Gasteiger partial charge in [-0.05, 0) is 28.2 Å². The zero-order valence-electron chi connectivity index (χ0n) is 19.0. The first-order chi connectivity index (χ1) is 15.8. The van der Waals surface area contributed by atoms with E-state index in [1.54, 1.807) is 0 Å². The molecule has 2 amide bonds. The first-order valence-corrected chi connectivity index (χ1v) is 11.0. The van der Waals surface area contributed by atoms with Gasteiger partial charge in [0.15, 0.2) is 6.10 Å². The number of benzene rings is 2. The molecule has 0 spiro atoms. The molecule has 176 valence electrons. The fourth-order valence-corrected chi connectivity index (χ4v) is 3.99. The van der Waals surface area contributed by atoms with Crippen molar-refractivity contribution in [3.63, 3.8) is 0 Å². The van der Waals surface area contributed by atoms with Crippen LogP contribution in [0, 0.1) is 5.92 Å². The lowest BCUT2D eigenvalue weighted by molar-refractivity contribution is -0.148. The molecule has 2 aromatic carbocycles. The Hall–Kier alpha value is -3.39. The summed E-state index contributed by atoms with van der Waals surface area (Å²) in [5.41, 5.74) is 4.54. The maximum absolute atomic E-state index is 12.6. The van der Waals surface area contributed by atoms with E-state index >= 15 is 0 Å². The molecule has 0 aromatic heterocycles. The van der Waals surface area contributed by atoms with Crippen LogP contribution in [-0.2, 0) is 19.1 Å². The summed E-state index contributed by atoms with van der Waals surface area (Å²) < 4.78 is 10.4. The molecule has 8 nitrogen and oxygen atoms in total. The third-order valence-corrected chi connectivity index (χ3v) is 5.90. The number of carboxylic acids is 1. The van der Waals surface area contributed by atoms with Crippen LogP contribution in [0.5, 0.6) is 0 Å². The number of nitrogens with one attached hydrogen (secondary N) is 2. The Morgan fingerprint density at radius 2 is 1.58 bits per heavy atom. The Morgan fingerprint density at radius 1 is 1.00 bits per heavy atom. The van der Waals surface area contributed by atoms with Crippen molar-refractivity contribution in [2.45, 2.75) is 38.3 Å². The Labute approximate surface area is 193 Å². The molecule has 8 heteroatoms. The van der Waals surface area contributed by atoms with Gasteiger partial charge in [-0.3, -0.25) is 4.79 Å².